The summed E-state index contributed by atoms with van der Waals surface area (Å²) in [6.07, 6.45) is 6.16. The molecular weight excluding hydrogens is 308 g/mol. The maximum Gasteiger partial charge on any atom is 0.180 e. The number of aliphatic hydroxyl groups excluding tert-OH is 1. The Labute approximate surface area is 121 Å². The van der Waals surface area contributed by atoms with Gasteiger partial charge in [-0.15, -0.1) is 0 Å². The van der Waals surface area contributed by atoms with Crippen LogP contribution in [-0.4, -0.2) is 32.1 Å². The molecule has 0 radical (unpaired) electrons. The lowest BCUT2D eigenvalue weighted by Gasteiger charge is -2.31. The molecule has 5 nitrogen and oxygen atoms in total. The minimum Gasteiger partial charge on any atom is -0.396 e. The molecule has 1 unspecified atom stereocenters. The summed E-state index contributed by atoms with van der Waals surface area (Å²) in [6.45, 7) is 6.57. The number of imidazole rings is 1. The van der Waals surface area contributed by atoms with Crippen molar-refractivity contribution < 1.29 is 5.11 Å². The molecule has 0 aliphatic heterocycles. The van der Waals surface area contributed by atoms with Crippen LogP contribution in [0.1, 0.15) is 27.2 Å². The zero-order valence-corrected chi connectivity index (χ0v) is 13.0. The Kier molecular flexibility index (Phi) is 4.10. The van der Waals surface area contributed by atoms with E-state index in [9.17, 15) is 5.11 Å². The molecule has 2 aromatic rings. The van der Waals surface area contributed by atoms with Crippen molar-refractivity contribution in [3.05, 3.63) is 23.2 Å². The topological polar surface area (TPSA) is 62.5 Å². The first kappa shape index (κ1) is 14.3. The van der Waals surface area contributed by atoms with Crippen molar-refractivity contribution in [2.24, 2.45) is 5.41 Å². The van der Waals surface area contributed by atoms with Crippen molar-refractivity contribution in [3.63, 3.8) is 0 Å². The summed E-state index contributed by atoms with van der Waals surface area (Å²) in [5.41, 5.74) is 0.812. The van der Waals surface area contributed by atoms with Gasteiger partial charge in [0, 0.05) is 31.2 Å². The van der Waals surface area contributed by atoms with Gasteiger partial charge in [-0.3, -0.25) is 0 Å². The number of anilines is 1. The molecule has 2 heterocycles. The first-order chi connectivity index (χ1) is 8.91. The molecule has 0 saturated heterocycles. The first-order valence-corrected chi connectivity index (χ1v) is 7.07. The molecule has 2 aromatic heterocycles. The van der Waals surface area contributed by atoms with Gasteiger partial charge in [-0.1, -0.05) is 20.8 Å². The maximum absolute atomic E-state index is 9.22. The van der Waals surface area contributed by atoms with Crippen LogP contribution in [0.25, 0.3) is 5.65 Å². The number of nitrogens with zero attached hydrogens (tertiary/aromatic N) is 3. The van der Waals surface area contributed by atoms with Gasteiger partial charge in [-0.2, -0.15) is 0 Å². The Morgan fingerprint density at radius 2 is 2.21 bits per heavy atom. The minimum absolute atomic E-state index is 0.0241. The van der Waals surface area contributed by atoms with Gasteiger partial charge in [-0.25, -0.2) is 9.97 Å². The van der Waals surface area contributed by atoms with Gasteiger partial charge >= 0.3 is 0 Å². The van der Waals surface area contributed by atoms with Crippen molar-refractivity contribution in [3.8, 4) is 0 Å². The number of rotatable bonds is 4. The van der Waals surface area contributed by atoms with Gasteiger partial charge < -0.3 is 14.8 Å². The third kappa shape index (κ3) is 3.25. The van der Waals surface area contributed by atoms with Crippen LogP contribution in [0, 0.1) is 5.41 Å². The van der Waals surface area contributed by atoms with Crippen LogP contribution in [0.4, 0.5) is 5.82 Å². The number of nitrogens with one attached hydrogen (secondary N) is 1. The quantitative estimate of drug-likeness (QED) is 0.906. The molecule has 0 amide bonds. The number of hydrogen-bond donors (Lipinski definition) is 2. The molecule has 0 spiro atoms. The van der Waals surface area contributed by atoms with Crippen molar-refractivity contribution >= 4 is 27.4 Å². The average molecular weight is 327 g/mol. The van der Waals surface area contributed by atoms with Crippen LogP contribution in [0.2, 0.25) is 0 Å². The largest absolute Gasteiger partial charge is 0.396 e. The van der Waals surface area contributed by atoms with Crippen LogP contribution in [0.5, 0.6) is 0 Å². The molecule has 0 saturated carbocycles. The molecule has 1 atom stereocenters. The third-order valence-corrected chi connectivity index (χ3v) is 3.50. The predicted octanol–water partition coefficient (Wildman–Crippen LogP) is 2.70. The Bertz CT molecular complexity index is 561. The highest BCUT2D eigenvalue weighted by Crippen LogP contribution is 2.27. The zero-order chi connectivity index (χ0) is 14.0. The lowest BCUT2D eigenvalue weighted by molar-refractivity contribution is 0.235. The summed E-state index contributed by atoms with van der Waals surface area (Å²) in [7, 11) is 0. The fraction of sp³-hybridized carbons (Fsp3) is 0.538. The lowest BCUT2D eigenvalue weighted by Crippen LogP contribution is -2.35. The van der Waals surface area contributed by atoms with Gasteiger partial charge in [0.15, 0.2) is 11.5 Å². The number of aliphatic hydroxyl groups is 1. The highest BCUT2D eigenvalue weighted by molar-refractivity contribution is 9.10. The van der Waals surface area contributed by atoms with Crippen molar-refractivity contribution in [1.29, 1.82) is 0 Å². The normalized spacial score (nSPS) is 13.7. The van der Waals surface area contributed by atoms with Crippen molar-refractivity contribution in [2.45, 2.75) is 33.2 Å². The molecule has 2 rings (SSSR count). The summed E-state index contributed by atoms with van der Waals surface area (Å²) in [6, 6.07) is 0.125. The van der Waals surface area contributed by atoms with E-state index in [1.807, 2.05) is 16.8 Å². The van der Waals surface area contributed by atoms with E-state index in [0.29, 0.717) is 6.42 Å². The number of hydrogen-bond acceptors (Lipinski definition) is 4. The molecule has 104 valence electrons. The third-order valence-electron chi connectivity index (χ3n) is 3.12. The summed E-state index contributed by atoms with van der Waals surface area (Å²) >= 11 is 3.40. The average Bonchev–Trinajstić information content (AvgIpc) is 2.74. The van der Waals surface area contributed by atoms with Crippen LogP contribution in [0.3, 0.4) is 0 Å². The lowest BCUT2D eigenvalue weighted by atomic mass is 9.85. The summed E-state index contributed by atoms with van der Waals surface area (Å²) < 4.78 is 2.66. The van der Waals surface area contributed by atoms with Gasteiger partial charge in [0.2, 0.25) is 0 Å². The van der Waals surface area contributed by atoms with Crippen molar-refractivity contribution in [2.75, 3.05) is 11.9 Å². The highest BCUT2D eigenvalue weighted by Gasteiger charge is 2.25. The number of aromatic nitrogens is 3. The maximum atomic E-state index is 9.22. The summed E-state index contributed by atoms with van der Waals surface area (Å²) in [5, 5.41) is 12.6. The standard InChI is InChI=1S/C13H19BrN4O/c1-13(2,3)9(4-7-19)16-11-12-15-5-6-18(12)8-10(14)17-11/h5-6,8-9,19H,4,7H2,1-3H3,(H,16,17). The van der Waals surface area contributed by atoms with Crippen LogP contribution in [-0.2, 0) is 0 Å². The van der Waals surface area contributed by atoms with E-state index < -0.39 is 0 Å². The second-order valence-corrected chi connectivity index (χ2v) is 6.46. The van der Waals surface area contributed by atoms with Crippen LogP contribution in [0.15, 0.2) is 23.2 Å². The van der Waals surface area contributed by atoms with E-state index in [1.165, 1.54) is 0 Å². The molecule has 19 heavy (non-hydrogen) atoms. The van der Waals surface area contributed by atoms with Gasteiger partial charge in [0.25, 0.3) is 0 Å². The molecule has 0 bridgehead atoms. The summed E-state index contributed by atoms with van der Waals surface area (Å²) in [5.74, 6) is 0.729. The minimum atomic E-state index is 0.0241. The van der Waals surface area contributed by atoms with E-state index in [2.05, 4.69) is 52.0 Å². The SMILES string of the molecule is CC(C)(C)C(CCO)Nc1nc(Br)cn2ccnc12. The zero-order valence-electron chi connectivity index (χ0n) is 11.4. The van der Waals surface area contributed by atoms with E-state index in [0.717, 1.165) is 16.1 Å². The monoisotopic (exact) mass is 326 g/mol. The fourth-order valence-corrected chi connectivity index (χ4v) is 2.41. The Morgan fingerprint density at radius 3 is 2.84 bits per heavy atom. The molecule has 2 N–H and O–H groups in total. The fourth-order valence-electron chi connectivity index (χ4n) is 2.01. The Balaban J connectivity index is 2.35. The van der Waals surface area contributed by atoms with Gasteiger partial charge in [-0.05, 0) is 27.8 Å². The second-order valence-electron chi connectivity index (χ2n) is 5.65. The van der Waals surface area contributed by atoms with Crippen molar-refractivity contribution in [1.82, 2.24) is 14.4 Å². The predicted molar refractivity (Wildman–Crippen MR) is 79.3 cm³/mol. The molecule has 0 aliphatic carbocycles. The molecule has 0 aromatic carbocycles. The van der Waals surface area contributed by atoms with Gasteiger partial charge in [0.05, 0.1) is 0 Å². The second kappa shape index (κ2) is 5.46. The molecule has 0 fully saturated rings. The molecule has 6 heteroatoms. The number of halogens is 1. The first-order valence-electron chi connectivity index (χ1n) is 6.28. The van der Waals surface area contributed by atoms with Crippen LogP contribution < -0.4 is 5.32 Å². The van der Waals surface area contributed by atoms with E-state index in [4.69, 9.17) is 0 Å². The Hall–Kier alpha value is -1.14. The van der Waals surface area contributed by atoms with E-state index in [-0.39, 0.29) is 18.1 Å². The highest BCUT2D eigenvalue weighted by atomic mass is 79.9. The Morgan fingerprint density at radius 1 is 1.47 bits per heavy atom. The molecule has 0 aliphatic rings. The van der Waals surface area contributed by atoms with E-state index >= 15 is 0 Å². The van der Waals surface area contributed by atoms with Gasteiger partial charge in [0.1, 0.15) is 4.60 Å². The smallest absolute Gasteiger partial charge is 0.180 e. The summed E-state index contributed by atoms with van der Waals surface area (Å²) in [4.78, 5) is 8.76. The van der Waals surface area contributed by atoms with Crippen LogP contribution >= 0.6 is 15.9 Å². The molecular formula is C13H19BrN4O. The van der Waals surface area contributed by atoms with E-state index in [1.54, 1.807) is 6.20 Å². The number of fused-ring (bicyclic) bond motifs is 1.